The van der Waals surface area contributed by atoms with Crippen molar-refractivity contribution in [1.82, 2.24) is 9.88 Å². The Labute approximate surface area is 204 Å². The lowest BCUT2D eigenvalue weighted by Gasteiger charge is -2.17. The summed E-state index contributed by atoms with van der Waals surface area (Å²) in [6, 6.07) is 24.9. The molecule has 7 heteroatoms. The minimum atomic E-state index is -0.377. The molecule has 1 atom stereocenters. The molecule has 0 saturated carbocycles. The van der Waals surface area contributed by atoms with Crippen LogP contribution in [0.25, 0.3) is 10.9 Å². The molecule has 35 heavy (non-hydrogen) atoms. The van der Waals surface area contributed by atoms with E-state index in [1.165, 1.54) is 6.07 Å². The number of nitrogens with one attached hydrogen (secondary N) is 1. The zero-order valence-corrected chi connectivity index (χ0v) is 19.7. The van der Waals surface area contributed by atoms with E-state index in [9.17, 15) is 14.9 Å². The lowest BCUT2D eigenvalue weighted by atomic mass is 9.88. The fourth-order valence-corrected chi connectivity index (χ4v) is 4.41. The number of hydrogen-bond acceptors (Lipinski definition) is 4. The topological polar surface area (TPSA) is 86.4 Å². The van der Waals surface area contributed by atoms with E-state index in [1.54, 1.807) is 19.2 Å². The predicted molar refractivity (Wildman–Crippen MR) is 137 cm³/mol. The third-order valence-electron chi connectivity index (χ3n) is 6.12. The Bertz CT molecular complexity index is 1290. The van der Waals surface area contributed by atoms with Crippen LogP contribution in [0.5, 0.6) is 0 Å². The Morgan fingerprint density at radius 2 is 1.77 bits per heavy atom. The number of rotatable bonds is 11. The smallest absolute Gasteiger partial charge is 0.270 e. The number of ether oxygens (including phenoxy) is 1. The first-order chi connectivity index (χ1) is 17.1. The van der Waals surface area contributed by atoms with Gasteiger partial charge in [-0.1, -0.05) is 60.7 Å². The van der Waals surface area contributed by atoms with Crippen molar-refractivity contribution in [2.45, 2.75) is 25.3 Å². The van der Waals surface area contributed by atoms with Crippen LogP contribution < -0.4 is 5.32 Å². The zero-order valence-electron chi connectivity index (χ0n) is 19.7. The van der Waals surface area contributed by atoms with E-state index in [0.717, 1.165) is 34.0 Å². The number of hydrogen-bond donors (Lipinski definition) is 1. The average Bonchev–Trinajstić information content (AvgIpc) is 3.23. The standard InChI is InChI=1S/C28H29N3O4/c1-35-16-8-15-29-28(32)18-24(22-11-6-3-7-12-22)26-20-30(19-21-9-4-2-5-10-21)27-14-13-23(31(33)34)17-25(26)27/h2-7,9-14,17,20,24H,8,15-16,18-19H2,1H3,(H,29,32)/t24-/m1/s1. The van der Waals surface area contributed by atoms with Crippen LogP contribution in [0.15, 0.2) is 85.1 Å². The van der Waals surface area contributed by atoms with Gasteiger partial charge in [0.1, 0.15) is 0 Å². The molecule has 1 N–H and O–H groups in total. The lowest BCUT2D eigenvalue weighted by molar-refractivity contribution is -0.384. The van der Waals surface area contributed by atoms with Crippen LogP contribution in [-0.4, -0.2) is 35.7 Å². The maximum Gasteiger partial charge on any atom is 0.270 e. The minimum Gasteiger partial charge on any atom is -0.385 e. The summed E-state index contributed by atoms with van der Waals surface area (Å²) in [4.78, 5) is 24.1. The molecule has 4 rings (SSSR count). The van der Waals surface area contributed by atoms with Crippen LogP contribution in [0.2, 0.25) is 0 Å². The van der Waals surface area contributed by atoms with E-state index in [2.05, 4.69) is 22.0 Å². The maximum absolute atomic E-state index is 12.9. The quantitative estimate of drug-likeness (QED) is 0.183. The van der Waals surface area contributed by atoms with Crippen LogP contribution >= 0.6 is 0 Å². The van der Waals surface area contributed by atoms with Gasteiger partial charge >= 0.3 is 0 Å². The second-order valence-corrected chi connectivity index (χ2v) is 8.52. The highest BCUT2D eigenvalue weighted by Crippen LogP contribution is 2.36. The largest absolute Gasteiger partial charge is 0.385 e. The SMILES string of the molecule is COCCCNC(=O)C[C@H](c1ccccc1)c1cn(Cc2ccccc2)c2ccc([N+](=O)[O-])cc12. The number of benzene rings is 3. The summed E-state index contributed by atoms with van der Waals surface area (Å²) in [6.45, 7) is 1.74. The van der Waals surface area contributed by atoms with Crippen molar-refractivity contribution >= 4 is 22.5 Å². The Morgan fingerprint density at radius 3 is 2.46 bits per heavy atom. The first-order valence-electron chi connectivity index (χ1n) is 11.7. The molecule has 3 aromatic carbocycles. The van der Waals surface area contributed by atoms with E-state index in [-0.39, 0.29) is 28.9 Å². The van der Waals surface area contributed by atoms with Crippen molar-refractivity contribution in [2.24, 2.45) is 0 Å². The highest BCUT2D eigenvalue weighted by molar-refractivity contribution is 5.88. The molecule has 0 aliphatic heterocycles. The molecule has 180 valence electrons. The van der Waals surface area contributed by atoms with Gasteiger partial charge in [-0.2, -0.15) is 0 Å². The molecule has 0 unspecified atom stereocenters. The summed E-state index contributed by atoms with van der Waals surface area (Å²) < 4.78 is 7.17. The van der Waals surface area contributed by atoms with Gasteiger partial charge in [-0.05, 0) is 29.2 Å². The van der Waals surface area contributed by atoms with Gasteiger partial charge in [0.15, 0.2) is 0 Å². The number of nitro groups is 1. The summed E-state index contributed by atoms with van der Waals surface area (Å²) in [6.07, 6.45) is 3.02. The van der Waals surface area contributed by atoms with Crippen molar-refractivity contribution in [1.29, 1.82) is 0 Å². The number of nitrogens with zero attached hydrogens (tertiary/aromatic N) is 2. The predicted octanol–water partition coefficient (Wildman–Crippen LogP) is 5.27. The van der Waals surface area contributed by atoms with E-state index >= 15 is 0 Å². The molecule has 4 aromatic rings. The monoisotopic (exact) mass is 471 g/mol. The number of methoxy groups -OCH3 is 1. The second kappa shape index (κ2) is 11.4. The molecular formula is C28H29N3O4. The lowest BCUT2D eigenvalue weighted by Crippen LogP contribution is -2.27. The normalized spacial score (nSPS) is 11.9. The second-order valence-electron chi connectivity index (χ2n) is 8.52. The van der Waals surface area contributed by atoms with Crippen LogP contribution in [-0.2, 0) is 16.1 Å². The molecule has 7 nitrogen and oxygen atoms in total. The number of aromatic nitrogens is 1. The third-order valence-corrected chi connectivity index (χ3v) is 6.12. The fourth-order valence-electron chi connectivity index (χ4n) is 4.41. The van der Waals surface area contributed by atoms with Gasteiger partial charge in [0, 0.05) is 68.4 Å². The van der Waals surface area contributed by atoms with Gasteiger partial charge in [0.05, 0.1) is 4.92 Å². The van der Waals surface area contributed by atoms with Crippen molar-refractivity contribution in [3.05, 3.63) is 112 Å². The molecule has 0 aliphatic carbocycles. The average molecular weight is 472 g/mol. The molecule has 0 bridgehead atoms. The van der Waals surface area contributed by atoms with Gasteiger partial charge in [-0.3, -0.25) is 14.9 Å². The molecule has 0 saturated heterocycles. The molecule has 1 amide bonds. The molecular weight excluding hydrogens is 442 g/mol. The van der Waals surface area contributed by atoms with Crippen LogP contribution in [0, 0.1) is 10.1 Å². The highest BCUT2D eigenvalue weighted by atomic mass is 16.6. The summed E-state index contributed by atoms with van der Waals surface area (Å²) in [5.74, 6) is -0.315. The minimum absolute atomic E-state index is 0.0343. The zero-order chi connectivity index (χ0) is 24.6. The van der Waals surface area contributed by atoms with Crippen LogP contribution in [0.1, 0.15) is 35.4 Å². The first kappa shape index (κ1) is 24.2. The molecule has 0 fully saturated rings. The van der Waals surface area contributed by atoms with Crippen molar-refractivity contribution < 1.29 is 14.5 Å². The molecule has 1 heterocycles. The number of non-ortho nitro benzene ring substituents is 1. The van der Waals surface area contributed by atoms with Gasteiger partial charge in [0.2, 0.25) is 5.91 Å². The van der Waals surface area contributed by atoms with Crippen LogP contribution in [0.3, 0.4) is 0 Å². The van der Waals surface area contributed by atoms with Crippen LogP contribution in [0.4, 0.5) is 5.69 Å². The summed E-state index contributed by atoms with van der Waals surface area (Å²) in [5, 5.41) is 15.3. The summed E-state index contributed by atoms with van der Waals surface area (Å²) in [7, 11) is 1.64. The van der Waals surface area contributed by atoms with Gasteiger partial charge in [-0.15, -0.1) is 0 Å². The van der Waals surface area contributed by atoms with Gasteiger partial charge in [0.25, 0.3) is 5.69 Å². The summed E-state index contributed by atoms with van der Waals surface area (Å²) >= 11 is 0. The molecule has 0 spiro atoms. The number of nitro benzene ring substituents is 1. The number of amides is 1. The highest BCUT2D eigenvalue weighted by Gasteiger charge is 2.24. The van der Waals surface area contributed by atoms with Crippen molar-refractivity contribution in [3.8, 4) is 0 Å². The number of carbonyl (C=O) groups is 1. The molecule has 1 aromatic heterocycles. The fraction of sp³-hybridized carbons (Fsp3) is 0.250. The van der Waals surface area contributed by atoms with Gasteiger partial charge < -0.3 is 14.6 Å². The van der Waals surface area contributed by atoms with Gasteiger partial charge in [-0.25, -0.2) is 0 Å². The van der Waals surface area contributed by atoms with Crippen molar-refractivity contribution in [3.63, 3.8) is 0 Å². The third kappa shape index (κ3) is 5.94. The Morgan fingerprint density at radius 1 is 1.06 bits per heavy atom. The summed E-state index contributed by atoms with van der Waals surface area (Å²) in [5.41, 5.74) is 3.95. The van der Waals surface area contributed by atoms with E-state index < -0.39 is 0 Å². The number of carbonyl (C=O) groups excluding carboxylic acids is 1. The Hall–Kier alpha value is -3.97. The maximum atomic E-state index is 12.9. The van der Waals surface area contributed by atoms with Crippen molar-refractivity contribution in [2.75, 3.05) is 20.3 Å². The Kier molecular flexibility index (Phi) is 7.90. The number of fused-ring (bicyclic) bond motifs is 1. The van der Waals surface area contributed by atoms with E-state index in [4.69, 9.17) is 4.74 Å². The Balaban J connectivity index is 1.76. The first-order valence-corrected chi connectivity index (χ1v) is 11.7. The molecule has 0 aliphatic rings. The van der Waals surface area contributed by atoms with E-state index in [1.807, 2.05) is 54.7 Å². The van der Waals surface area contributed by atoms with E-state index in [0.29, 0.717) is 19.7 Å². The molecule has 0 radical (unpaired) electrons.